The largest absolute Gasteiger partial charge is 0.455 e. The van der Waals surface area contributed by atoms with Crippen molar-refractivity contribution in [1.29, 1.82) is 0 Å². The number of benzene rings is 1. The monoisotopic (exact) mass is 387 g/mol. The van der Waals surface area contributed by atoms with E-state index in [1.54, 1.807) is 0 Å². The van der Waals surface area contributed by atoms with Gasteiger partial charge in [0.25, 0.3) is 5.91 Å². The molecular weight excluding hydrogens is 362 g/mol. The second-order valence-electron chi connectivity index (χ2n) is 9.01. The van der Waals surface area contributed by atoms with E-state index in [4.69, 9.17) is 14.2 Å². The Hall–Kier alpha value is -2.28. The van der Waals surface area contributed by atoms with Crippen LogP contribution in [0.25, 0.3) is 0 Å². The summed E-state index contributed by atoms with van der Waals surface area (Å²) in [6, 6.07) is 5.49. The number of aliphatic hydroxyl groups is 1. The van der Waals surface area contributed by atoms with Crippen LogP contribution in [0.2, 0.25) is 0 Å². The maximum absolute atomic E-state index is 12.8. The number of rotatable bonds is 5. The van der Waals surface area contributed by atoms with Crippen LogP contribution in [0.4, 0.5) is 0 Å². The van der Waals surface area contributed by atoms with Gasteiger partial charge < -0.3 is 24.6 Å². The number of amides is 1. The first kappa shape index (κ1) is 17.8. The fourth-order valence-corrected chi connectivity index (χ4v) is 6.04. The van der Waals surface area contributed by atoms with E-state index in [0.29, 0.717) is 36.3 Å². The van der Waals surface area contributed by atoms with Crippen molar-refractivity contribution in [3.8, 4) is 11.5 Å². The molecule has 1 amide bonds. The molecule has 0 aromatic heterocycles. The lowest BCUT2D eigenvalue weighted by atomic mass is 9.48. The molecule has 7 heteroatoms. The summed E-state index contributed by atoms with van der Waals surface area (Å²) < 4.78 is 16.0. The number of esters is 1. The number of ether oxygens (including phenoxy) is 3. The van der Waals surface area contributed by atoms with Gasteiger partial charge >= 0.3 is 5.97 Å². The molecule has 1 aromatic rings. The van der Waals surface area contributed by atoms with Gasteiger partial charge in [-0.05, 0) is 68.1 Å². The molecule has 2 N–H and O–H groups in total. The Morgan fingerprint density at radius 2 is 1.89 bits per heavy atom. The van der Waals surface area contributed by atoms with Crippen molar-refractivity contribution in [3.05, 3.63) is 23.8 Å². The van der Waals surface area contributed by atoms with Crippen LogP contribution < -0.4 is 14.8 Å². The Morgan fingerprint density at radius 3 is 2.64 bits per heavy atom. The van der Waals surface area contributed by atoms with Crippen molar-refractivity contribution >= 4 is 11.9 Å². The standard InChI is InChI=1S/C21H25NO6/c23-18(22-9-13-1-2-16-17(4-13)28-12-27-16)10-26-19(24)20-5-14-3-15(6-20)8-21(25,7-14)11-20/h1-2,4,14-15,25H,3,5-12H2,(H,22,23)/t14-,15+,20?,21?. The van der Waals surface area contributed by atoms with Gasteiger partial charge in [-0.3, -0.25) is 9.59 Å². The highest BCUT2D eigenvalue weighted by molar-refractivity contribution is 5.83. The summed E-state index contributed by atoms with van der Waals surface area (Å²) >= 11 is 0. The number of carbonyl (C=O) groups is 2. The first-order chi connectivity index (χ1) is 13.4. The molecule has 7 nitrogen and oxygen atoms in total. The molecule has 4 bridgehead atoms. The smallest absolute Gasteiger partial charge is 0.312 e. The molecular formula is C21H25NO6. The first-order valence-corrected chi connectivity index (χ1v) is 9.98. The van der Waals surface area contributed by atoms with E-state index in [-0.39, 0.29) is 25.3 Å². The minimum atomic E-state index is -0.718. The van der Waals surface area contributed by atoms with Gasteiger partial charge in [0.1, 0.15) is 0 Å². The predicted octanol–water partition coefficient (Wildman–Crippen LogP) is 1.91. The molecule has 0 spiro atoms. The van der Waals surface area contributed by atoms with Crippen molar-refractivity contribution in [2.45, 2.75) is 50.7 Å². The summed E-state index contributed by atoms with van der Waals surface area (Å²) in [5.74, 6) is 1.50. The number of carbonyl (C=O) groups excluding carboxylic acids is 2. The van der Waals surface area contributed by atoms with Crippen molar-refractivity contribution in [2.24, 2.45) is 17.3 Å². The SMILES string of the molecule is O=C(COC(=O)C12C[C@@H]3C[C@@H](CC(O)(C3)C1)C2)NCc1ccc2c(c1)OCO2. The average Bonchev–Trinajstić information content (AvgIpc) is 3.10. The van der Waals surface area contributed by atoms with Crippen LogP contribution in [0.15, 0.2) is 18.2 Å². The third kappa shape index (κ3) is 3.11. The Bertz CT molecular complexity index is 807. The molecule has 1 heterocycles. The van der Waals surface area contributed by atoms with Gasteiger partial charge in [0.2, 0.25) is 6.79 Å². The van der Waals surface area contributed by atoms with Crippen molar-refractivity contribution in [1.82, 2.24) is 5.32 Å². The molecule has 5 aliphatic rings. The molecule has 1 aliphatic heterocycles. The van der Waals surface area contributed by atoms with Crippen molar-refractivity contribution in [3.63, 3.8) is 0 Å². The zero-order valence-electron chi connectivity index (χ0n) is 15.7. The van der Waals surface area contributed by atoms with Crippen LogP contribution >= 0.6 is 0 Å². The van der Waals surface area contributed by atoms with E-state index in [1.807, 2.05) is 18.2 Å². The Labute approximate surface area is 163 Å². The van der Waals surface area contributed by atoms with Gasteiger partial charge in [-0.2, -0.15) is 0 Å². The maximum Gasteiger partial charge on any atom is 0.312 e. The minimum absolute atomic E-state index is 0.208. The van der Waals surface area contributed by atoms with E-state index < -0.39 is 11.0 Å². The fourth-order valence-electron chi connectivity index (χ4n) is 6.04. The Kier molecular flexibility index (Phi) is 4.05. The number of hydrogen-bond donors (Lipinski definition) is 2. The average molecular weight is 387 g/mol. The molecule has 4 saturated carbocycles. The second kappa shape index (κ2) is 6.37. The number of hydrogen-bond acceptors (Lipinski definition) is 6. The summed E-state index contributed by atoms with van der Waals surface area (Å²) in [5.41, 5.74) is -0.437. The fraction of sp³-hybridized carbons (Fsp3) is 0.619. The molecule has 28 heavy (non-hydrogen) atoms. The second-order valence-corrected chi connectivity index (χ2v) is 9.01. The summed E-state index contributed by atoms with van der Waals surface area (Å²) in [6.45, 7) is 0.237. The molecule has 0 radical (unpaired) electrons. The minimum Gasteiger partial charge on any atom is -0.455 e. The summed E-state index contributed by atoms with van der Waals surface area (Å²) in [5, 5.41) is 13.5. The zero-order valence-corrected chi connectivity index (χ0v) is 15.7. The molecule has 0 saturated heterocycles. The molecule has 1 aromatic carbocycles. The summed E-state index contributed by atoms with van der Waals surface area (Å²) in [6.07, 6.45) is 4.74. The lowest BCUT2D eigenvalue weighted by Crippen LogP contribution is -2.58. The van der Waals surface area contributed by atoms with Crippen molar-refractivity contribution < 1.29 is 28.9 Å². The van der Waals surface area contributed by atoms with Gasteiger partial charge in [-0.1, -0.05) is 6.07 Å². The molecule has 4 fully saturated rings. The van der Waals surface area contributed by atoms with Gasteiger partial charge in [0, 0.05) is 6.54 Å². The maximum atomic E-state index is 12.8. The molecule has 6 rings (SSSR count). The zero-order chi connectivity index (χ0) is 19.4. The summed E-state index contributed by atoms with van der Waals surface area (Å²) in [4.78, 5) is 25.0. The van der Waals surface area contributed by atoms with Gasteiger partial charge in [0.05, 0.1) is 11.0 Å². The topological polar surface area (TPSA) is 94.1 Å². The molecule has 4 atom stereocenters. The van der Waals surface area contributed by atoms with Crippen LogP contribution in [-0.2, 0) is 20.9 Å². The third-order valence-electron chi connectivity index (χ3n) is 6.72. The molecule has 150 valence electrons. The van der Waals surface area contributed by atoms with Gasteiger partial charge in [-0.15, -0.1) is 0 Å². The quantitative estimate of drug-likeness (QED) is 0.750. The lowest BCUT2D eigenvalue weighted by molar-refractivity contribution is -0.196. The molecule has 4 aliphatic carbocycles. The summed E-state index contributed by atoms with van der Waals surface area (Å²) in [7, 11) is 0. The van der Waals surface area contributed by atoms with Gasteiger partial charge in [-0.25, -0.2) is 0 Å². The lowest BCUT2D eigenvalue weighted by Gasteiger charge is -2.58. The van der Waals surface area contributed by atoms with Crippen LogP contribution in [0.1, 0.15) is 44.1 Å². The van der Waals surface area contributed by atoms with Crippen molar-refractivity contribution in [2.75, 3.05) is 13.4 Å². The third-order valence-corrected chi connectivity index (χ3v) is 6.72. The first-order valence-electron chi connectivity index (χ1n) is 9.98. The normalized spacial score (nSPS) is 34.3. The van der Waals surface area contributed by atoms with E-state index in [9.17, 15) is 14.7 Å². The number of nitrogens with one attached hydrogen (secondary N) is 1. The highest BCUT2D eigenvalue weighted by Crippen LogP contribution is 2.61. The highest BCUT2D eigenvalue weighted by atomic mass is 16.7. The van der Waals surface area contributed by atoms with E-state index >= 15 is 0 Å². The van der Waals surface area contributed by atoms with E-state index in [0.717, 1.165) is 37.7 Å². The molecule has 2 unspecified atom stereocenters. The van der Waals surface area contributed by atoms with E-state index in [2.05, 4.69) is 5.32 Å². The van der Waals surface area contributed by atoms with Crippen LogP contribution in [0.5, 0.6) is 11.5 Å². The van der Waals surface area contributed by atoms with Crippen LogP contribution in [0, 0.1) is 17.3 Å². The van der Waals surface area contributed by atoms with E-state index in [1.165, 1.54) is 0 Å². The Balaban J connectivity index is 1.14. The Morgan fingerprint density at radius 1 is 1.14 bits per heavy atom. The predicted molar refractivity (Wildman–Crippen MR) is 97.4 cm³/mol. The highest BCUT2D eigenvalue weighted by Gasteiger charge is 2.60. The van der Waals surface area contributed by atoms with Crippen LogP contribution in [-0.4, -0.2) is 36.0 Å². The number of fused-ring (bicyclic) bond motifs is 1. The van der Waals surface area contributed by atoms with Gasteiger partial charge in [0.15, 0.2) is 18.1 Å². The van der Waals surface area contributed by atoms with Crippen LogP contribution in [0.3, 0.4) is 0 Å².